The van der Waals surface area contributed by atoms with E-state index in [1.807, 2.05) is 0 Å². The molecule has 0 amide bonds. The summed E-state index contributed by atoms with van der Waals surface area (Å²) in [5.41, 5.74) is 0. The highest BCUT2D eigenvalue weighted by molar-refractivity contribution is 5.76. The molecule has 2 rings (SSSR count). The van der Waals surface area contributed by atoms with Gasteiger partial charge in [0, 0.05) is 0 Å². The van der Waals surface area contributed by atoms with Gasteiger partial charge in [-0.3, -0.25) is 4.79 Å². The summed E-state index contributed by atoms with van der Waals surface area (Å²) >= 11 is 0. The Morgan fingerprint density at radius 1 is 1.06 bits per heavy atom. The molecule has 1 aliphatic heterocycles. The van der Waals surface area contributed by atoms with Crippen LogP contribution in [0.1, 0.15) is 52.4 Å². The summed E-state index contributed by atoms with van der Waals surface area (Å²) in [5.74, 6) is 0.928. The van der Waals surface area contributed by atoms with Crippen LogP contribution in [0.2, 0.25) is 0 Å². The first-order valence-corrected chi connectivity index (χ1v) is 7.12. The largest absolute Gasteiger partial charge is 0.461 e. The van der Waals surface area contributed by atoms with Crippen molar-refractivity contribution in [1.29, 1.82) is 0 Å². The van der Waals surface area contributed by atoms with E-state index in [0.717, 1.165) is 19.4 Å². The Kier molecular flexibility index (Phi) is 4.43. The van der Waals surface area contributed by atoms with Gasteiger partial charge in [-0.2, -0.15) is 0 Å². The van der Waals surface area contributed by atoms with Crippen LogP contribution in [-0.4, -0.2) is 24.7 Å². The first kappa shape index (κ1) is 12.9. The van der Waals surface area contributed by atoms with Crippen LogP contribution < -0.4 is 5.32 Å². The minimum atomic E-state index is -0.0714. The summed E-state index contributed by atoms with van der Waals surface area (Å²) in [6, 6.07) is -0.0714. The van der Waals surface area contributed by atoms with Crippen molar-refractivity contribution in [1.82, 2.24) is 5.32 Å². The first-order valence-electron chi connectivity index (χ1n) is 7.12. The molecular formula is C14H25NO2. The fraction of sp³-hybridized carbons (Fsp3) is 0.929. The number of piperidine rings is 1. The predicted octanol–water partition coefficient (Wildman–Crippen LogP) is 2.50. The smallest absolute Gasteiger partial charge is 0.323 e. The predicted molar refractivity (Wildman–Crippen MR) is 67.7 cm³/mol. The summed E-state index contributed by atoms with van der Waals surface area (Å²) < 4.78 is 5.71. The molecule has 0 bridgehead atoms. The third-order valence-electron chi connectivity index (χ3n) is 4.32. The van der Waals surface area contributed by atoms with Crippen molar-refractivity contribution in [2.75, 3.05) is 6.54 Å². The van der Waals surface area contributed by atoms with Crippen molar-refractivity contribution in [3.63, 3.8) is 0 Å². The van der Waals surface area contributed by atoms with Crippen LogP contribution in [-0.2, 0) is 9.53 Å². The van der Waals surface area contributed by atoms with Gasteiger partial charge in [-0.1, -0.05) is 20.3 Å². The molecule has 3 heteroatoms. The number of esters is 1. The van der Waals surface area contributed by atoms with E-state index >= 15 is 0 Å². The molecule has 0 aromatic rings. The number of carbonyl (C=O) groups excluding carboxylic acids is 1. The second-order valence-electron chi connectivity index (χ2n) is 5.79. The number of carbonyl (C=O) groups is 1. The molecule has 2 aliphatic rings. The normalized spacial score (nSPS) is 38.7. The maximum atomic E-state index is 12.1. The Morgan fingerprint density at radius 2 is 1.76 bits per heavy atom. The number of hydrogen-bond donors (Lipinski definition) is 1. The minimum Gasteiger partial charge on any atom is -0.461 e. The van der Waals surface area contributed by atoms with Crippen molar-refractivity contribution < 1.29 is 9.53 Å². The van der Waals surface area contributed by atoms with Crippen LogP contribution in [0.15, 0.2) is 0 Å². The van der Waals surface area contributed by atoms with E-state index in [1.54, 1.807) is 0 Å². The fourth-order valence-electron chi connectivity index (χ4n) is 3.04. The average Bonchev–Trinajstić information content (AvgIpc) is 2.32. The average molecular weight is 239 g/mol. The van der Waals surface area contributed by atoms with E-state index in [-0.39, 0.29) is 18.1 Å². The molecule has 3 nitrogen and oxygen atoms in total. The highest BCUT2D eigenvalue weighted by Gasteiger charge is 2.32. The maximum Gasteiger partial charge on any atom is 0.323 e. The molecule has 0 aromatic heterocycles. The van der Waals surface area contributed by atoms with Gasteiger partial charge in [-0.05, 0) is 50.5 Å². The molecule has 0 radical (unpaired) electrons. The second-order valence-corrected chi connectivity index (χ2v) is 5.79. The third kappa shape index (κ3) is 3.21. The van der Waals surface area contributed by atoms with Gasteiger partial charge in [0.15, 0.2) is 0 Å². The Balaban J connectivity index is 1.86. The fourth-order valence-corrected chi connectivity index (χ4v) is 3.04. The first-order chi connectivity index (χ1) is 8.18. The lowest BCUT2D eigenvalue weighted by Gasteiger charge is -2.33. The molecule has 2 fully saturated rings. The minimum absolute atomic E-state index is 0.0176. The van der Waals surface area contributed by atoms with Gasteiger partial charge in [-0.15, -0.1) is 0 Å². The van der Waals surface area contributed by atoms with E-state index in [0.29, 0.717) is 11.8 Å². The van der Waals surface area contributed by atoms with Crippen LogP contribution in [0.3, 0.4) is 0 Å². The maximum absolute atomic E-state index is 12.1. The summed E-state index contributed by atoms with van der Waals surface area (Å²) in [7, 11) is 0. The van der Waals surface area contributed by atoms with E-state index in [9.17, 15) is 4.79 Å². The van der Waals surface area contributed by atoms with Gasteiger partial charge in [0.05, 0.1) is 0 Å². The van der Waals surface area contributed by atoms with Crippen molar-refractivity contribution in [3.05, 3.63) is 0 Å². The van der Waals surface area contributed by atoms with Crippen molar-refractivity contribution >= 4 is 5.97 Å². The standard InChI is InChI=1S/C14H25NO2/c1-10-6-3-4-8-12(10)17-14(16)13-11(2)7-5-9-15-13/h10-13,15H,3-9H2,1-2H3. The number of hydrogen-bond acceptors (Lipinski definition) is 3. The summed E-state index contributed by atoms with van der Waals surface area (Å²) in [4.78, 5) is 12.1. The second kappa shape index (κ2) is 5.85. The zero-order valence-corrected chi connectivity index (χ0v) is 11.1. The lowest BCUT2D eigenvalue weighted by Crippen LogP contribution is -2.48. The molecule has 4 atom stereocenters. The van der Waals surface area contributed by atoms with Crippen LogP contribution in [0, 0.1) is 11.8 Å². The van der Waals surface area contributed by atoms with E-state index in [1.165, 1.54) is 25.7 Å². The molecule has 1 saturated heterocycles. The molecule has 1 saturated carbocycles. The van der Waals surface area contributed by atoms with Crippen molar-refractivity contribution in [2.45, 2.75) is 64.5 Å². The Bertz CT molecular complexity index is 267. The molecule has 0 aromatic carbocycles. The Labute approximate surface area is 104 Å². The highest BCUT2D eigenvalue weighted by Crippen LogP contribution is 2.27. The molecule has 1 heterocycles. The summed E-state index contributed by atoms with van der Waals surface area (Å²) in [6.07, 6.45) is 7.20. The van der Waals surface area contributed by atoms with Gasteiger partial charge in [-0.25, -0.2) is 0 Å². The molecule has 17 heavy (non-hydrogen) atoms. The van der Waals surface area contributed by atoms with Crippen LogP contribution >= 0.6 is 0 Å². The van der Waals surface area contributed by atoms with Crippen LogP contribution in [0.25, 0.3) is 0 Å². The van der Waals surface area contributed by atoms with Crippen molar-refractivity contribution in [2.24, 2.45) is 11.8 Å². The number of ether oxygens (including phenoxy) is 1. The third-order valence-corrected chi connectivity index (χ3v) is 4.32. The van der Waals surface area contributed by atoms with E-state index < -0.39 is 0 Å². The molecule has 0 spiro atoms. The molecular weight excluding hydrogens is 214 g/mol. The van der Waals surface area contributed by atoms with Gasteiger partial charge in [0.1, 0.15) is 12.1 Å². The highest BCUT2D eigenvalue weighted by atomic mass is 16.5. The van der Waals surface area contributed by atoms with Crippen molar-refractivity contribution in [3.8, 4) is 0 Å². The van der Waals surface area contributed by atoms with Gasteiger partial charge in [0.2, 0.25) is 0 Å². The Hall–Kier alpha value is -0.570. The Morgan fingerprint density at radius 3 is 2.47 bits per heavy atom. The lowest BCUT2D eigenvalue weighted by atomic mass is 9.87. The molecule has 1 N–H and O–H groups in total. The zero-order chi connectivity index (χ0) is 12.3. The molecule has 4 unspecified atom stereocenters. The number of rotatable bonds is 2. The van der Waals surface area contributed by atoms with Gasteiger partial charge in [0.25, 0.3) is 0 Å². The number of nitrogens with one attached hydrogen (secondary N) is 1. The van der Waals surface area contributed by atoms with E-state index in [4.69, 9.17) is 4.74 Å². The summed E-state index contributed by atoms with van der Waals surface area (Å²) in [6.45, 7) is 5.29. The zero-order valence-electron chi connectivity index (χ0n) is 11.1. The lowest BCUT2D eigenvalue weighted by molar-refractivity contribution is -0.157. The van der Waals surface area contributed by atoms with Gasteiger partial charge < -0.3 is 10.1 Å². The van der Waals surface area contributed by atoms with Gasteiger partial charge >= 0.3 is 5.97 Å². The topological polar surface area (TPSA) is 38.3 Å². The van der Waals surface area contributed by atoms with E-state index in [2.05, 4.69) is 19.2 Å². The van der Waals surface area contributed by atoms with Crippen LogP contribution in [0.4, 0.5) is 0 Å². The SMILES string of the molecule is CC1CCCCC1OC(=O)C1NCCCC1C. The quantitative estimate of drug-likeness (QED) is 0.752. The monoisotopic (exact) mass is 239 g/mol. The van der Waals surface area contributed by atoms with Crippen LogP contribution in [0.5, 0.6) is 0 Å². The molecule has 98 valence electrons. The molecule has 1 aliphatic carbocycles. The summed E-state index contributed by atoms with van der Waals surface area (Å²) in [5, 5.41) is 3.30.